The number of nitrogens with one attached hydrogen (secondary N) is 1. The number of benzene rings is 1. The molecular formula is C21H22ClN3O4S. The average molecular weight is 448 g/mol. The van der Waals surface area contributed by atoms with E-state index in [2.05, 4.69) is 5.32 Å². The van der Waals surface area contributed by atoms with Crippen molar-refractivity contribution < 1.29 is 19.5 Å². The number of carboxylic acid groups (broad SMARTS) is 1. The number of amides is 2. The molecule has 3 aliphatic heterocycles. The van der Waals surface area contributed by atoms with Gasteiger partial charge < -0.3 is 10.0 Å². The molecule has 1 spiro atoms. The third-order valence-electron chi connectivity index (χ3n) is 6.55. The second-order valence-corrected chi connectivity index (χ2v) is 9.76. The standard InChI is InChI=1S/C21H22ClN3O4S/c22-13-11-30-19-16(18(27)24(19)15(13)20(28)29)25-17(26)14(12-7-3-1-4-8-12)23-21(25)9-5-2-6-10-21/h1,3-4,7-8,14,16,19,23H,2,5-6,9-11H2,(H,28,29)/t14?,16-,19-/m1/s1. The van der Waals surface area contributed by atoms with Crippen LogP contribution in [0.5, 0.6) is 0 Å². The lowest BCUT2D eigenvalue weighted by Crippen LogP contribution is -2.74. The number of fused-ring (bicyclic) bond motifs is 1. The molecule has 3 heterocycles. The quantitative estimate of drug-likeness (QED) is 0.692. The fourth-order valence-corrected chi connectivity index (χ4v) is 6.81. The predicted molar refractivity (Wildman–Crippen MR) is 112 cm³/mol. The number of carboxylic acids is 1. The number of hydrogen-bond donors (Lipinski definition) is 2. The van der Waals surface area contributed by atoms with Crippen molar-refractivity contribution in [3.63, 3.8) is 0 Å². The van der Waals surface area contributed by atoms with Crippen LogP contribution in [0.4, 0.5) is 0 Å². The van der Waals surface area contributed by atoms with E-state index in [1.807, 2.05) is 30.3 Å². The molecule has 5 rings (SSSR count). The van der Waals surface area contributed by atoms with Crippen molar-refractivity contribution in [3.05, 3.63) is 46.6 Å². The van der Waals surface area contributed by atoms with E-state index in [0.717, 1.165) is 37.7 Å². The first kappa shape index (κ1) is 19.9. The minimum Gasteiger partial charge on any atom is -0.477 e. The first-order valence-electron chi connectivity index (χ1n) is 10.2. The highest BCUT2D eigenvalue weighted by molar-refractivity contribution is 8.00. The van der Waals surface area contributed by atoms with Crippen LogP contribution in [0.25, 0.3) is 0 Å². The maximum atomic E-state index is 13.6. The number of carbonyl (C=O) groups excluding carboxylic acids is 2. The molecule has 0 radical (unpaired) electrons. The molecule has 2 amide bonds. The van der Waals surface area contributed by atoms with E-state index < -0.39 is 29.1 Å². The normalized spacial score (nSPS) is 30.5. The Labute approximate surface area is 183 Å². The van der Waals surface area contributed by atoms with E-state index in [9.17, 15) is 19.5 Å². The number of thioether (sulfide) groups is 1. The van der Waals surface area contributed by atoms with Gasteiger partial charge in [-0.05, 0) is 31.2 Å². The van der Waals surface area contributed by atoms with Crippen molar-refractivity contribution in [1.29, 1.82) is 0 Å². The maximum absolute atomic E-state index is 13.6. The summed E-state index contributed by atoms with van der Waals surface area (Å²) in [5.41, 5.74) is 0.152. The number of rotatable bonds is 3. The largest absolute Gasteiger partial charge is 0.477 e. The number of halogens is 1. The zero-order valence-corrected chi connectivity index (χ0v) is 17.8. The second kappa shape index (κ2) is 7.28. The highest BCUT2D eigenvalue weighted by Crippen LogP contribution is 2.49. The van der Waals surface area contributed by atoms with Crippen molar-refractivity contribution in [2.24, 2.45) is 0 Å². The molecule has 0 aromatic heterocycles. The van der Waals surface area contributed by atoms with Crippen molar-refractivity contribution in [2.45, 2.75) is 55.2 Å². The molecule has 2 N–H and O–H groups in total. The van der Waals surface area contributed by atoms with E-state index >= 15 is 0 Å². The second-order valence-electron chi connectivity index (χ2n) is 8.20. The van der Waals surface area contributed by atoms with Gasteiger partial charge in [0.05, 0.1) is 10.7 Å². The van der Waals surface area contributed by atoms with Crippen LogP contribution >= 0.6 is 23.4 Å². The van der Waals surface area contributed by atoms with Gasteiger partial charge in [0.15, 0.2) is 0 Å². The fraction of sp³-hybridized carbons (Fsp3) is 0.476. The van der Waals surface area contributed by atoms with Gasteiger partial charge in [-0.2, -0.15) is 0 Å². The molecule has 30 heavy (non-hydrogen) atoms. The molecule has 1 aliphatic carbocycles. The number of β-lactam (4-membered cyclic amide) rings is 1. The summed E-state index contributed by atoms with van der Waals surface area (Å²) in [5, 5.41) is 12.9. The van der Waals surface area contributed by atoms with Gasteiger partial charge in [-0.25, -0.2) is 4.79 Å². The van der Waals surface area contributed by atoms with Crippen LogP contribution in [-0.2, 0) is 14.4 Å². The van der Waals surface area contributed by atoms with Gasteiger partial charge in [0, 0.05) is 5.75 Å². The Morgan fingerprint density at radius 1 is 1.13 bits per heavy atom. The third-order valence-corrected chi connectivity index (χ3v) is 8.28. The smallest absolute Gasteiger partial charge is 0.353 e. The van der Waals surface area contributed by atoms with Crippen LogP contribution in [0, 0.1) is 0 Å². The zero-order valence-electron chi connectivity index (χ0n) is 16.2. The molecule has 1 unspecified atom stereocenters. The van der Waals surface area contributed by atoms with E-state index in [1.54, 1.807) is 4.90 Å². The minimum absolute atomic E-state index is 0.112. The molecule has 3 fully saturated rings. The topological polar surface area (TPSA) is 90.0 Å². The van der Waals surface area contributed by atoms with Gasteiger partial charge >= 0.3 is 5.97 Å². The number of nitrogens with zero attached hydrogens (tertiary/aromatic N) is 2. The van der Waals surface area contributed by atoms with Gasteiger partial charge in [-0.15, -0.1) is 11.8 Å². The Hall–Kier alpha value is -2.03. The Bertz CT molecular complexity index is 947. The molecule has 9 heteroatoms. The van der Waals surface area contributed by atoms with E-state index in [1.165, 1.54) is 16.7 Å². The lowest BCUT2D eigenvalue weighted by atomic mass is 9.86. The van der Waals surface area contributed by atoms with Crippen LogP contribution in [-0.4, -0.2) is 55.5 Å². The van der Waals surface area contributed by atoms with Crippen molar-refractivity contribution in [1.82, 2.24) is 15.1 Å². The van der Waals surface area contributed by atoms with Crippen LogP contribution in [0.15, 0.2) is 41.1 Å². The van der Waals surface area contributed by atoms with Gasteiger partial charge in [-0.1, -0.05) is 48.4 Å². The molecule has 3 atom stereocenters. The Balaban J connectivity index is 1.52. The monoisotopic (exact) mass is 447 g/mol. The number of aliphatic carboxylic acids is 1. The summed E-state index contributed by atoms with van der Waals surface area (Å²) >= 11 is 7.53. The summed E-state index contributed by atoms with van der Waals surface area (Å²) in [4.78, 5) is 41.5. The molecule has 7 nitrogen and oxygen atoms in total. The van der Waals surface area contributed by atoms with Crippen molar-refractivity contribution in [2.75, 3.05) is 5.75 Å². The van der Waals surface area contributed by atoms with Gasteiger partial charge in [0.25, 0.3) is 5.91 Å². The Morgan fingerprint density at radius 2 is 1.83 bits per heavy atom. The van der Waals surface area contributed by atoms with E-state index in [4.69, 9.17) is 11.6 Å². The van der Waals surface area contributed by atoms with Crippen LogP contribution < -0.4 is 5.32 Å². The molecule has 2 saturated heterocycles. The average Bonchev–Trinajstić information content (AvgIpc) is 3.01. The lowest BCUT2D eigenvalue weighted by molar-refractivity contribution is -0.164. The SMILES string of the molecule is O=C(O)C1=C(Cl)CS[C@@H]2[C@H](N3C(=O)C(c4ccccc4)NC34CCCCC4)C(=O)N12. The fourth-order valence-electron chi connectivity index (χ4n) is 5.21. The summed E-state index contributed by atoms with van der Waals surface area (Å²) in [6, 6.07) is 8.38. The summed E-state index contributed by atoms with van der Waals surface area (Å²) in [6.45, 7) is 0. The molecule has 0 bridgehead atoms. The molecule has 1 saturated carbocycles. The van der Waals surface area contributed by atoms with Crippen molar-refractivity contribution in [3.8, 4) is 0 Å². The molecule has 4 aliphatic rings. The zero-order chi connectivity index (χ0) is 21.0. The maximum Gasteiger partial charge on any atom is 0.353 e. The lowest BCUT2D eigenvalue weighted by Gasteiger charge is -2.55. The van der Waals surface area contributed by atoms with Gasteiger partial charge in [0.1, 0.15) is 23.2 Å². The van der Waals surface area contributed by atoms with Crippen LogP contribution in [0.3, 0.4) is 0 Å². The number of carbonyl (C=O) groups is 3. The summed E-state index contributed by atoms with van der Waals surface area (Å²) in [6.07, 6.45) is 4.63. The molecule has 158 valence electrons. The van der Waals surface area contributed by atoms with E-state index in [0.29, 0.717) is 5.75 Å². The minimum atomic E-state index is -1.21. The first-order chi connectivity index (χ1) is 14.4. The summed E-state index contributed by atoms with van der Waals surface area (Å²) in [5.74, 6) is -1.37. The van der Waals surface area contributed by atoms with Gasteiger partial charge in [-0.3, -0.25) is 19.8 Å². The third kappa shape index (κ3) is 2.81. The number of hydrogen-bond acceptors (Lipinski definition) is 5. The van der Waals surface area contributed by atoms with Gasteiger partial charge in [0.2, 0.25) is 5.91 Å². The molecule has 1 aromatic rings. The van der Waals surface area contributed by atoms with E-state index in [-0.39, 0.29) is 22.5 Å². The molecular weight excluding hydrogens is 426 g/mol. The highest BCUT2D eigenvalue weighted by atomic mass is 35.5. The van der Waals surface area contributed by atoms with Crippen LogP contribution in [0.1, 0.15) is 43.7 Å². The van der Waals surface area contributed by atoms with Crippen LogP contribution in [0.2, 0.25) is 0 Å². The Morgan fingerprint density at radius 3 is 2.50 bits per heavy atom. The van der Waals surface area contributed by atoms with Crippen molar-refractivity contribution >= 4 is 41.1 Å². The first-order valence-corrected chi connectivity index (χ1v) is 11.6. The highest BCUT2D eigenvalue weighted by Gasteiger charge is 2.64. The summed E-state index contributed by atoms with van der Waals surface area (Å²) in [7, 11) is 0. The summed E-state index contributed by atoms with van der Waals surface area (Å²) < 4.78 is 0. The Kier molecular flexibility index (Phi) is 4.83. The molecule has 1 aromatic carbocycles. The predicted octanol–water partition coefficient (Wildman–Crippen LogP) is 2.64.